The molecule has 0 saturated heterocycles. The molecule has 0 heterocycles. The van der Waals surface area contributed by atoms with Gasteiger partial charge in [0.2, 0.25) is 9.84 Å². The van der Waals surface area contributed by atoms with Gasteiger partial charge in [0, 0.05) is 20.3 Å². The number of benzene rings is 1. The fraction of sp³-hybridized carbons (Fsp3) is 0.250. The number of rotatable bonds is 4. The SMILES string of the molecule is Cc1ccc(S(=O)(=O)/C(C#N)=C/NN(C)C)cc1. The zero-order chi connectivity index (χ0) is 13.8. The van der Waals surface area contributed by atoms with Crippen LogP contribution in [0.1, 0.15) is 5.56 Å². The maximum atomic E-state index is 12.1. The predicted molar refractivity (Wildman–Crippen MR) is 68.9 cm³/mol. The van der Waals surface area contributed by atoms with E-state index in [0.29, 0.717) is 0 Å². The normalized spacial score (nSPS) is 12.3. The first-order valence-corrected chi connectivity index (χ1v) is 6.72. The topological polar surface area (TPSA) is 73.2 Å². The molecule has 0 amide bonds. The summed E-state index contributed by atoms with van der Waals surface area (Å²) in [4.78, 5) is -0.207. The highest BCUT2D eigenvalue weighted by molar-refractivity contribution is 7.95. The number of nitriles is 1. The van der Waals surface area contributed by atoms with Crippen LogP contribution in [0.25, 0.3) is 0 Å². The summed E-state index contributed by atoms with van der Waals surface area (Å²) in [6, 6.07) is 8.07. The molecule has 0 aliphatic carbocycles. The van der Waals surface area contributed by atoms with Crippen LogP contribution in [0.15, 0.2) is 40.3 Å². The predicted octanol–water partition coefficient (Wildman–Crippen LogP) is 1.20. The number of allylic oxidation sites excluding steroid dienone is 1. The molecule has 0 aromatic heterocycles. The van der Waals surface area contributed by atoms with Gasteiger partial charge in [0.25, 0.3) is 0 Å². The lowest BCUT2D eigenvalue weighted by atomic mass is 10.2. The van der Waals surface area contributed by atoms with Crippen molar-refractivity contribution in [3.05, 3.63) is 40.9 Å². The van der Waals surface area contributed by atoms with Gasteiger partial charge in [-0.2, -0.15) is 5.26 Å². The van der Waals surface area contributed by atoms with Crippen LogP contribution in [0.2, 0.25) is 0 Å². The molecule has 0 unspecified atom stereocenters. The highest BCUT2D eigenvalue weighted by Gasteiger charge is 2.20. The standard InChI is InChI=1S/C12H15N3O2S/c1-10-4-6-11(7-5-10)18(16,17)12(8-13)9-14-15(2)3/h4-7,9,14H,1-3H3/b12-9+. The van der Waals surface area contributed by atoms with Gasteiger partial charge < -0.3 is 5.43 Å². The minimum absolute atomic E-state index is 0.112. The average molecular weight is 265 g/mol. The van der Waals surface area contributed by atoms with Crippen LogP contribution < -0.4 is 5.43 Å². The maximum Gasteiger partial charge on any atom is 0.218 e. The number of hydrogen-bond donors (Lipinski definition) is 1. The van der Waals surface area contributed by atoms with Crippen LogP contribution in [0.4, 0.5) is 0 Å². The van der Waals surface area contributed by atoms with E-state index in [1.165, 1.54) is 18.3 Å². The molecule has 0 radical (unpaired) electrons. The third kappa shape index (κ3) is 3.32. The quantitative estimate of drug-likeness (QED) is 0.654. The van der Waals surface area contributed by atoms with Crippen LogP contribution in [0.5, 0.6) is 0 Å². The highest BCUT2D eigenvalue weighted by atomic mass is 32.2. The van der Waals surface area contributed by atoms with Gasteiger partial charge in [-0.1, -0.05) is 17.7 Å². The van der Waals surface area contributed by atoms with Crippen LogP contribution >= 0.6 is 0 Å². The molecule has 1 N–H and O–H groups in total. The summed E-state index contributed by atoms with van der Waals surface area (Å²) in [5.41, 5.74) is 3.61. The largest absolute Gasteiger partial charge is 0.325 e. The van der Waals surface area contributed by atoms with Gasteiger partial charge in [0.05, 0.1) is 4.90 Å². The van der Waals surface area contributed by atoms with Crippen molar-refractivity contribution in [1.82, 2.24) is 10.4 Å². The zero-order valence-corrected chi connectivity index (χ0v) is 11.3. The van der Waals surface area contributed by atoms with Crippen LogP contribution in [-0.2, 0) is 9.84 Å². The van der Waals surface area contributed by atoms with E-state index in [1.54, 1.807) is 37.3 Å². The number of hydrazine groups is 1. The van der Waals surface area contributed by atoms with Crippen molar-refractivity contribution in [3.63, 3.8) is 0 Å². The molecule has 0 fully saturated rings. The second kappa shape index (κ2) is 5.67. The highest BCUT2D eigenvalue weighted by Crippen LogP contribution is 2.18. The smallest absolute Gasteiger partial charge is 0.218 e. The van der Waals surface area contributed by atoms with E-state index < -0.39 is 9.84 Å². The number of nitrogens with zero attached hydrogens (tertiary/aromatic N) is 2. The molecule has 1 aromatic rings. The van der Waals surface area contributed by atoms with E-state index in [-0.39, 0.29) is 9.80 Å². The van der Waals surface area contributed by atoms with Crippen molar-refractivity contribution in [1.29, 1.82) is 5.26 Å². The first-order chi connectivity index (χ1) is 8.37. The average Bonchev–Trinajstić information content (AvgIpc) is 2.29. The molecule has 18 heavy (non-hydrogen) atoms. The summed E-state index contributed by atoms with van der Waals surface area (Å²) in [5, 5.41) is 10.5. The summed E-state index contributed by atoms with van der Waals surface area (Å²) < 4.78 is 24.3. The van der Waals surface area contributed by atoms with Crippen molar-refractivity contribution < 1.29 is 8.42 Å². The molecule has 0 saturated carbocycles. The van der Waals surface area contributed by atoms with Gasteiger partial charge in [0.1, 0.15) is 6.07 Å². The van der Waals surface area contributed by atoms with E-state index in [9.17, 15) is 8.42 Å². The summed E-state index contributed by atoms with van der Waals surface area (Å²) >= 11 is 0. The van der Waals surface area contributed by atoms with E-state index in [2.05, 4.69) is 5.43 Å². The summed E-state index contributed by atoms with van der Waals surface area (Å²) in [7, 11) is -0.356. The molecule has 5 nitrogen and oxygen atoms in total. The van der Waals surface area contributed by atoms with Crippen molar-refractivity contribution >= 4 is 9.84 Å². The lowest BCUT2D eigenvalue weighted by Crippen LogP contribution is -2.26. The number of aryl methyl sites for hydroxylation is 1. The lowest BCUT2D eigenvalue weighted by Gasteiger charge is -2.09. The van der Waals surface area contributed by atoms with Gasteiger partial charge in [-0.15, -0.1) is 0 Å². The molecular weight excluding hydrogens is 250 g/mol. The first kappa shape index (κ1) is 14.2. The van der Waals surface area contributed by atoms with Gasteiger partial charge in [-0.05, 0) is 19.1 Å². The fourth-order valence-corrected chi connectivity index (χ4v) is 2.28. The van der Waals surface area contributed by atoms with Crippen LogP contribution in [0.3, 0.4) is 0 Å². The van der Waals surface area contributed by atoms with Crippen LogP contribution in [0, 0.1) is 18.3 Å². The molecule has 6 heteroatoms. The summed E-state index contributed by atoms with van der Waals surface area (Å²) in [6.07, 6.45) is 1.18. The van der Waals surface area contributed by atoms with E-state index in [1.807, 2.05) is 6.92 Å². The monoisotopic (exact) mass is 265 g/mol. The van der Waals surface area contributed by atoms with Crippen molar-refractivity contribution in [3.8, 4) is 6.07 Å². The molecule has 0 bridgehead atoms. The second-order valence-electron chi connectivity index (χ2n) is 3.96. The van der Waals surface area contributed by atoms with E-state index in [4.69, 9.17) is 5.26 Å². The second-order valence-corrected chi connectivity index (χ2v) is 5.88. The third-order valence-corrected chi connectivity index (χ3v) is 3.87. The van der Waals surface area contributed by atoms with E-state index >= 15 is 0 Å². The Kier molecular flexibility index (Phi) is 4.48. The van der Waals surface area contributed by atoms with E-state index in [0.717, 1.165) is 5.56 Å². The Morgan fingerprint density at radius 3 is 2.33 bits per heavy atom. The minimum Gasteiger partial charge on any atom is -0.325 e. The maximum absolute atomic E-state index is 12.1. The summed E-state index contributed by atoms with van der Waals surface area (Å²) in [5.74, 6) is 0. The zero-order valence-electron chi connectivity index (χ0n) is 10.5. The Morgan fingerprint density at radius 1 is 1.33 bits per heavy atom. The molecule has 0 atom stereocenters. The van der Waals surface area contributed by atoms with Crippen molar-refractivity contribution in [2.75, 3.05) is 14.1 Å². The number of sulfone groups is 1. The van der Waals surface area contributed by atoms with Gasteiger partial charge in [-0.25, -0.2) is 13.4 Å². The minimum atomic E-state index is -3.75. The van der Waals surface area contributed by atoms with Gasteiger partial charge in [-0.3, -0.25) is 0 Å². The molecule has 0 aliphatic heterocycles. The lowest BCUT2D eigenvalue weighted by molar-refractivity contribution is 0.342. The van der Waals surface area contributed by atoms with Gasteiger partial charge >= 0.3 is 0 Å². The molecule has 1 aromatic carbocycles. The van der Waals surface area contributed by atoms with Gasteiger partial charge in [0.15, 0.2) is 4.91 Å². The molecule has 1 rings (SSSR count). The Bertz CT molecular complexity index is 581. The molecule has 0 spiro atoms. The van der Waals surface area contributed by atoms with Crippen molar-refractivity contribution in [2.45, 2.75) is 11.8 Å². The molecular formula is C12H15N3O2S. The fourth-order valence-electron chi connectivity index (χ4n) is 1.20. The number of hydrogen-bond acceptors (Lipinski definition) is 5. The summed E-state index contributed by atoms with van der Waals surface area (Å²) in [6.45, 7) is 1.87. The third-order valence-electron chi connectivity index (χ3n) is 2.18. The Balaban J connectivity index is 3.16. The Morgan fingerprint density at radius 2 is 1.89 bits per heavy atom. The molecule has 0 aliphatic rings. The Hall–Kier alpha value is -1.84. The Labute approximate surface area is 107 Å². The first-order valence-electron chi connectivity index (χ1n) is 5.23. The number of nitrogens with one attached hydrogen (secondary N) is 1. The van der Waals surface area contributed by atoms with Crippen LogP contribution in [-0.4, -0.2) is 27.5 Å². The van der Waals surface area contributed by atoms with Crippen molar-refractivity contribution in [2.24, 2.45) is 0 Å². The molecule has 96 valence electrons.